The summed E-state index contributed by atoms with van der Waals surface area (Å²) < 4.78 is 20.5. The molecule has 0 bridgehead atoms. The number of anilines is 3. The van der Waals surface area contributed by atoms with E-state index in [1.165, 1.54) is 6.42 Å². The van der Waals surface area contributed by atoms with Crippen molar-refractivity contribution in [2.45, 2.75) is 32.9 Å². The molecule has 2 heterocycles. The maximum absolute atomic E-state index is 15.2. The number of halogens is 1. The molecule has 1 fully saturated rings. The van der Waals surface area contributed by atoms with E-state index in [1.807, 2.05) is 13.0 Å². The highest BCUT2D eigenvalue weighted by Crippen LogP contribution is 2.29. The number of benzene rings is 1. The van der Waals surface area contributed by atoms with Crippen LogP contribution in [0.1, 0.15) is 24.6 Å². The molecule has 0 spiro atoms. The molecule has 1 atom stereocenters. The van der Waals surface area contributed by atoms with Gasteiger partial charge in [-0.25, -0.2) is 9.37 Å². The van der Waals surface area contributed by atoms with Gasteiger partial charge in [0.05, 0.1) is 12.8 Å². The molecule has 1 saturated heterocycles. The Balaban J connectivity index is 1.74. The Hall–Kier alpha value is -2.45. The molecule has 2 aromatic rings. The number of aromatic nitrogens is 2. The van der Waals surface area contributed by atoms with E-state index in [0.29, 0.717) is 41.4 Å². The Morgan fingerprint density at radius 3 is 2.71 bits per heavy atom. The van der Waals surface area contributed by atoms with Gasteiger partial charge < -0.3 is 20.7 Å². The number of nitrogens with zero attached hydrogens (tertiary/aromatic N) is 3. The van der Waals surface area contributed by atoms with Crippen molar-refractivity contribution in [1.82, 2.24) is 20.2 Å². The Morgan fingerprint density at radius 2 is 2.07 bits per heavy atom. The van der Waals surface area contributed by atoms with Crippen LogP contribution in [-0.4, -0.2) is 54.7 Å². The lowest BCUT2D eigenvalue weighted by Gasteiger charge is -2.36. The third kappa shape index (κ3) is 4.69. The average molecular weight is 388 g/mol. The summed E-state index contributed by atoms with van der Waals surface area (Å²) in [4.78, 5) is 11.1. The van der Waals surface area contributed by atoms with Gasteiger partial charge in [0.2, 0.25) is 5.95 Å². The molecule has 1 aromatic heterocycles. The average Bonchev–Trinajstić information content (AvgIpc) is 2.62. The third-order valence-corrected chi connectivity index (χ3v) is 5.03. The predicted octanol–water partition coefficient (Wildman–Crippen LogP) is 2.90. The smallest absolute Gasteiger partial charge is 0.229 e. The topological polar surface area (TPSA) is 74.3 Å². The molecule has 28 heavy (non-hydrogen) atoms. The first-order valence-electron chi connectivity index (χ1n) is 9.62. The van der Waals surface area contributed by atoms with E-state index in [1.54, 1.807) is 26.3 Å². The highest BCUT2D eigenvalue weighted by Gasteiger charge is 2.20. The van der Waals surface area contributed by atoms with E-state index < -0.39 is 0 Å². The summed E-state index contributed by atoms with van der Waals surface area (Å²) in [6.07, 6.45) is 1.26. The molecule has 3 rings (SSSR count). The molecular weight excluding hydrogens is 359 g/mol. The lowest BCUT2D eigenvalue weighted by molar-refractivity contribution is 0.126. The molecular formula is C20H29FN6O. The summed E-state index contributed by atoms with van der Waals surface area (Å²) in [6.45, 7) is 7.53. The van der Waals surface area contributed by atoms with Crippen molar-refractivity contribution in [2.75, 3.05) is 44.4 Å². The maximum atomic E-state index is 15.2. The van der Waals surface area contributed by atoms with E-state index in [0.717, 1.165) is 25.3 Å². The zero-order valence-corrected chi connectivity index (χ0v) is 17.0. The van der Waals surface area contributed by atoms with Gasteiger partial charge in [0.15, 0.2) is 5.82 Å². The van der Waals surface area contributed by atoms with Crippen LogP contribution in [0.15, 0.2) is 18.2 Å². The molecule has 0 saturated carbocycles. The van der Waals surface area contributed by atoms with Crippen molar-refractivity contribution >= 4 is 17.5 Å². The summed E-state index contributed by atoms with van der Waals surface area (Å²) >= 11 is 0. The second-order valence-corrected chi connectivity index (χ2v) is 7.07. The minimum Gasteiger partial charge on any atom is -0.496 e. The summed E-state index contributed by atoms with van der Waals surface area (Å²) in [5.74, 6) is 1.18. The van der Waals surface area contributed by atoms with Crippen molar-refractivity contribution in [3.05, 3.63) is 35.3 Å². The van der Waals surface area contributed by atoms with E-state index in [-0.39, 0.29) is 5.82 Å². The molecule has 1 aliphatic rings. The minimum atomic E-state index is -0.362. The van der Waals surface area contributed by atoms with Crippen LogP contribution in [0.25, 0.3) is 0 Å². The van der Waals surface area contributed by atoms with Gasteiger partial charge in [0.25, 0.3) is 0 Å². The van der Waals surface area contributed by atoms with E-state index in [9.17, 15) is 0 Å². The van der Waals surface area contributed by atoms with E-state index >= 15 is 4.39 Å². The molecule has 1 aromatic carbocycles. The number of aryl methyl sites for hydroxylation is 1. The first kappa shape index (κ1) is 20.3. The largest absolute Gasteiger partial charge is 0.496 e. The van der Waals surface area contributed by atoms with Crippen LogP contribution in [0.4, 0.5) is 21.8 Å². The molecule has 8 heteroatoms. The molecule has 0 radical (unpaired) electrons. The van der Waals surface area contributed by atoms with Gasteiger partial charge in [-0.05, 0) is 45.5 Å². The Morgan fingerprint density at radius 1 is 1.29 bits per heavy atom. The van der Waals surface area contributed by atoms with Crippen molar-refractivity contribution < 1.29 is 9.13 Å². The lowest BCUT2D eigenvalue weighted by atomic mass is 10.1. The van der Waals surface area contributed by atoms with Crippen LogP contribution in [0, 0.1) is 12.7 Å². The molecule has 3 N–H and O–H groups in total. The van der Waals surface area contributed by atoms with Crippen LogP contribution in [-0.2, 0) is 6.54 Å². The summed E-state index contributed by atoms with van der Waals surface area (Å²) in [6, 6.07) is 5.66. The Bertz CT molecular complexity index is 812. The first-order chi connectivity index (χ1) is 13.5. The number of hydrogen-bond acceptors (Lipinski definition) is 7. The van der Waals surface area contributed by atoms with Crippen LogP contribution >= 0.6 is 0 Å². The van der Waals surface area contributed by atoms with Crippen molar-refractivity contribution in [3.63, 3.8) is 0 Å². The van der Waals surface area contributed by atoms with Crippen molar-refractivity contribution in [1.29, 1.82) is 0 Å². The predicted molar refractivity (Wildman–Crippen MR) is 110 cm³/mol. The zero-order chi connectivity index (χ0) is 20.1. The monoisotopic (exact) mass is 388 g/mol. The number of methoxy groups -OCH3 is 1. The SMILES string of the molecule is CNc1cc(C)nc(Nc2ccc(OC)c(CNC[C@H](C)N3CCC3)c2F)n1. The first-order valence-corrected chi connectivity index (χ1v) is 9.62. The third-order valence-electron chi connectivity index (χ3n) is 5.03. The molecule has 7 nitrogen and oxygen atoms in total. The van der Waals surface area contributed by atoms with Gasteiger partial charge >= 0.3 is 0 Å². The van der Waals surface area contributed by atoms with Crippen molar-refractivity contribution in [3.8, 4) is 5.75 Å². The van der Waals surface area contributed by atoms with Crippen LogP contribution < -0.4 is 20.7 Å². The number of hydrogen-bond donors (Lipinski definition) is 3. The van der Waals surface area contributed by atoms with Gasteiger partial charge in [-0.1, -0.05) is 0 Å². The zero-order valence-electron chi connectivity index (χ0n) is 17.0. The lowest BCUT2D eigenvalue weighted by Crippen LogP contribution is -2.47. The molecule has 0 aliphatic carbocycles. The second kappa shape index (κ2) is 9.16. The highest BCUT2D eigenvalue weighted by molar-refractivity contribution is 5.60. The summed E-state index contributed by atoms with van der Waals surface area (Å²) in [5.41, 5.74) is 1.60. The van der Waals surface area contributed by atoms with Gasteiger partial charge in [-0.2, -0.15) is 4.98 Å². The van der Waals surface area contributed by atoms with Gasteiger partial charge in [0.1, 0.15) is 11.6 Å². The number of nitrogens with one attached hydrogen (secondary N) is 3. The van der Waals surface area contributed by atoms with Crippen LogP contribution in [0.5, 0.6) is 5.75 Å². The standard InChI is InChI=1S/C20H29FN6O/c1-13-10-18(22-3)26-20(24-13)25-16-6-7-17(28-4)15(19(16)21)12-23-11-14(2)27-8-5-9-27/h6-7,10,14,23H,5,8-9,11-12H2,1-4H3,(H2,22,24,25,26)/t14-/m0/s1. The normalized spacial score (nSPS) is 15.0. The number of rotatable bonds is 9. The van der Waals surface area contributed by atoms with Crippen LogP contribution in [0.2, 0.25) is 0 Å². The van der Waals surface area contributed by atoms with Crippen molar-refractivity contribution in [2.24, 2.45) is 0 Å². The molecule has 0 unspecified atom stereocenters. The fraction of sp³-hybridized carbons (Fsp3) is 0.500. The molecule has 1 aliphatic heterocycles. The van der Waals surface area contributed by atoms with Gasteiger partial charge in [-0.3, -0.25) is 4.90 Å². The Kier molecular flexibility index (Phi) is 6.64. The number of likely N-dealkylation sites (tertiary alicyclic amines) is 1. The Labute approximate surface area is 165 Å². The van der Waals surface area contributed by atoms with Crippen LogP contribution in [0.3, 0.4) is 0 Å². The van der Waals surface area contributed by atoms with E-state index in [4.69, 9.17) is 4.74 Å². The van der Waals surface area contributed by atoms with Gasteiger partial charge in [-0.15, -0.1) is 0 Å². The maximum Gasteiger partial charge on any atom is 0.229 e. The summed E-state index contributed by atoms with van der Waals surface area (Å²) in [7, 11) is 3.33. The molecule has 0 amide bonds. The van der Waals surface area contributed by atoms with E-state index in [2.05, 4.69) is 37.7 Å². The molecule has 152 valence electrons. The minimum absolute atomic E-state index is 0.320. The quantitative estimate of drug-likeness (QED) is 0.610. The van der Waals surface area contributed by atoms with Gasteiger partial charge in [0, 0.05) is 43.5 Å². The highest BCUT2D eigenvalue weighted by atomic mass is 19.1. The number of ether oxygens (including phenoxy) is 1. The fourth-order valence-corrected chi connectivity index (χ4v) is 3.25. The fourth-order valence-electron chi connectivity index (χ4n) is 3.25. The second-order valence-electron chi connectivity index (χ2n) is 7.07. The summed E-state index contributed by atoms with van der Waals surface area (Å²) in [5, 5.41) is 9.32.